The highest BCUT2D eigenvalue weighted by atomic mass is 79.9. The van der Waals surface area contributed by atoms with Crippen molar-refractivity contribution < 1.29 is 9.13 Å². The highest BCUT2D eigenvalue weighted by molar-refractivity contribution is 9.10. The summed E-state index contributed by atoms with van der Waals surface area (Å²) in [6, 6.07) is 9.83. The van der Waals surface area contributed by atoms with E-state index in [1.54, 1.807) is 24.3 Å². The Hall–Kier alpha value is -1.66. The zero-order valence-corrected chi connectivity index (χ0v) is 13.0. The number of hydrogen-bond acceptors (Lipinski definition) is 3. The van der Waals surface area contributed by atoms with Gasteiger partial charge in [-0.3, -0.25) is 0 Å². The number of nitrogens with two attached hydrogens (primary N) is 1. The van der Waals surface area contributed by atoms with Crippen LogP contribution in [-0.2, 0) is 0 Å². The monoisotopic (exact) mass is 354 g/mol. The lowest BCUT2D eigenvalue weighted by Crippen LogP contribution is -2.12. The van der Waals surface area contributed by atoms with Crippen molar-refractivity contribution >= 4 is 44.5 Å². The Labute approximate surface area is 130 Å². The number of ether oxygens (including phenoxy) is 1. The number of thiocarbonyl (C=S) groups is 1. The molecule has 0 saturated carbocycles. The van der Waals surface area contributed by atoms with Crippen LogP contribution in [0.15, 0.2) is 40.9 Å². The van der Waals surface area contributed by atoms with E-state index in [4.69, 9.17) is 22.7 Å². The van der Waals surface area contributed by atoms with Crippen LogP contribution in [0.25, 0.3) is 0 Å². The Kier molecular flexibility index (Phi) is 4.57. The minimum atomic E-state index is -0.389. The van der Waals surface area contributed by atoms with E-state index < -0.39 is 0 Å². The number of rotatable bonds is 4. The number of halogens is 2. The third kappa shape index (κ3) is 3.26. The van der Waals surface area contributed by atoms with Gasteiger partial charge in [-0.2, -0.15) is 0 Å². The average Bonchev–Trinajstić information content (AvgIpc) is 2.41. The van der Waals surface area contributed by atoms with Gasteiger partial charge in [0.05, 0.1) is 12.8 Å². The molecule has 104 valence electrons. The maximum Gasteiger partial charge on any atom is 0.146 e. The summed E-state index contributed by atoms with van der Waals surface area (Å²) in [5, 5.41) is 2.99. The molecule has 0 spiro atoms. The molecule has 0 aliphatic rings. The highest BCUT2D eigenvalue weighted by Gasteiger charge is 2.10. The number of benzene rings is 2. The van der Waals surface area contributed by atoms with E-state index in [0.717, 1.165) is 4.47 Å². The summed E-state index contributed by atoms with van der Waals surface area (Å²) < 4.78 is 19.8. The van der Waals surface area contributed by atoms with Crippen molar-refractivity contribution in [3.63, 3.8) is 0 Å². The fourth-order valence-corrected chi connectivity index (χ4v) is 2.25. The quantitative estimate of drug-likeness (QED) is 0.815. The fourth-order valence-electron chi connectivity index (χ4n) is 1.71. The zero-order chi connectivity index (χ0) is 14.7. The molecule has 0 fully saturated rings. The summed E-state index contributed by atoms with van der Waals surface area (Å²) in [4.78, 5) is 0.239. The highest BCUT2D eigenvalue weighted by Crippen LogP contribution is 2.28. The topological polar surface area (TPSA) is 47.3 Å². The van der Waals surface area contributed by atoms with Crippen LogP contribution in [0, 0.1) is 5.82 Å². The maximum atomic E-state index is 13.8. The van der Waals surface area contributed by atoms with Gasteiger partial charge in [-0.25, -0.2) is 4.39 Å². The second-order valence-electron chi connectivity index (χ2n) is 4.02. The van der Waals surface area contributed by atoms with Crippen molar-refractivity contribution in [3.8, 4) is 5.75 Å². The SMILES string of the molecule is COc1ccc(F)c(Nc2cc(Br)ccc2C(N)=S)c1. The minimum Gasteiger partial charge on any atom is -0.497 e. The molecular formula is C14H12BrFN2OS. The first kappa shape index (κ1) is 14.7. The molecule has 0 bridgehead atoms. The molecule has 3 nitrogen and oxygen atoms in total. The summed E-state index contributed by atoms with van der Waals surface area (Å²) in [5.41, 5.74) is 7.23. The number of hydrogen-bond donors (Lipinski definition) is 2. The second kappa shape index (κ2) is 6.19. The first-order valence-corrected chi connectivity index (χ1v) is 6.91. The van der Waals surface area contributed by atoms with E-state index in [9.17, 15) is 4.39 Å². The van der Waals surface area contributed by atoms with E-state index >= 15 is 0 Å². The lowest BCUT2D eigenvalue weighted by Gasteiger charge is -2.13. The van der Waals surface area contributed by atoms with E-state index in [2.05, 4.69) is 21.2 Å². The summed E-state index contributed by atoms with van der Waals surface area (Å²) in [5.74, 6) is 0.167. The standard InChI is InChI=1S/C14H12BrFN2OS/c1-19-9-3-5-11(16)13(7-9)18-12-6-8(15)2-4-10(12)14(17)20/h2-7,18H,1H3,(H2,17,20). The molecule has 20 heavy (non-hydrogen) atoms. The van der Waals surface area contributed by atoms with Gasteiger partial charge in [0.15, 0.2) is 0 Å². The maximum absolute atomic E-state index is 13.8. The molecule has 0 heterocycles. The Morgan fingerprint density at radius 3 is 2.65 bits per heavy atom. The largest absolute Gasteiger partial charge is 0.497 e. The summed E-state index contributed by atoms with van der Waals surface area (Å²) in [7, 11) is 1.52. The molecule has 0 aliphatic heterocycles. The lowest BCUT2D eigenvalue weighted by atomic mass is 10.1. The summed E-state index contributed by atoms with van der Waals surface area (Å²) in [6.45, 7) is 0. The van der Waals surface area contributed by atoms with E-state index in [-0.39, 0.29) is 10.8 Å². The smallest absolute Gasteiger partial charge is 0.146 e. The zero-order valence-electron chi connectivity index (χ0n) is 10.6. The average molecular weight is 355 g/mol. The van der Waals surface area contributed by atoms with Gasteiger partial charge in [-0.05, 0) is 30.3 Å². The number of nitrogens with one attached hydrogen (secondary N) is 1. The van der Waals surface area contributed by atoms with Crippen LogP contribution in [-0.4, -0.2) is 12.1 Å². The molecule has 2 aromatic rings. The van der Waals surface area contributed by atoms with Crippen molar-refractivity contribution in [3.05, 3.63) is 52.3 Å². The van der Waals surface area contributed by atoms with Gasteiger partial charge in [0.1, 0.15) is 16.6 Å². The summed E-state index contributed by atoms with van der Waals surface area (Å²) >= 11 is 8.36. The van der Waals surface area contributed by atoms with Crippen molar-refractivity contribution in [2.75, 3.05) is 12.4 Å². The fraction of sp³-hybridized carbons (Fsp3) is 0.0714. The predicted octanol–water partition coefficient (Wildman–Crippen LogP) is 3.97. The number of anilines is 2. The molecule has 3 N–H and O–H groups in total. The van der Waals surface area contributed by atoms with Gasteiger partial charge >= 0.3 is 0 Å². The van der Waals surface area contributed by atoms with E-state index in [0.29, 0.717) is 22.7 Å². The van der Waals surface area contributed by atoms with Gasteiger partial charge in [0.2, 0.25) is 0 Å². The Morgan fingerprint density at radius 1 is 1.25 bits per heavy atom. The molecular weight excluding hydrogens is 343 g/mol. The molecule has 0 unspecified atom stereocenters. The third-order valence-corrected chi connectivity index (χ3v) is 3.40. The van der Waals surface area contributed by atoms with E-state index in [1.165, 1.54) is 13.2 Å². The molecule has 0 aromatic heterocycles. The lowest BCUT2D eigenvalue weighted by molar-refractivity contribution is 0.414. The van der Waals surface area contributed by atoms with Crippen LogP contribution in [0.1, 0.15) is 5.56 Å². The number of methoxy groups -OCH3 is 1. The first-order valence-electron chi connectivity index (χ1n) is 5.71. The molecule has 2 rings (SSSR count). The van der Waals surface area contributed by atoms with Crippen LogP contribution in [0.5, 0.6) is 5.75 Å². The van der Waals surface area contributed by atoms with Crippen LogP contribution in [0.4, 0.5) is 15.8 Å². The van der Waals surface area contributed by atoms with E-state index in [1.807, 2.05) is 6.07 Å². The van der Waals surface area contributed by atoms with Crippen molar-refractivity contribution in [2.24, 2.45) is 5.73 Å². The van der Waals surface area contributed by atoms with Gasteiger partial charge in [-0.15, -0.1) is 0 Å². The van der Waals surface area contributed by atoms with Crippen molar-refractivity contribution in [1.29, 1.82) is 0 Å². The van der Waals surface area contributed by atoms with Gasteiger partial charge in [-0.1, -0.05) is 28.1 Å². The van der Waals surface area contributed by atoms with Crippen LogP contribution < -0.4 is 15.8 Å². The molecule has 6 heteroatoms. The second-order valence-corrected chi connectivity index (χ2v) is 5.38. The Bertz CT molecular complexity index is 664. The van der Waals surface area contributed by atoms with Crippen LogP contribution in [0.3, 0.4) is 0 Å². The minimum absolute atomic E-state index is 0.239. The molecule has 0 saturated heterocycles. The van der Waals surface area contributed by atoms with Crippen LogP contribution >= 0.6 is 28.1 Å². The van der Waals surface area contributed by atoms with Gasteiger partial charge in [0, 0.05) is 21.8 Å². The third-order valence-electron chi connectivity index (χ3n) is 2.69. The molecule has 0 radical (unpaired) electrons. The molecule has 2 aromatic carbocycles. The van der Waals surface area contributed by atoms with Crippen molar-refractivity contribution in [1.82, 2.24) is 0 Å². The van der Waals surface area contributed by atoms with Crippen molar-refractivity contribution in [2.45, 2.75) is 0 Å². The first-order chi connectivity index (χ1) is 9.51. The molecule has 0 aliphatic carbocycles. The Morgan fingerprint density at radius 2 is 2.00 bits per heavy atom. The summed E-state index contributed by atoms with van der Waals surface area (Å²) in [6.07, 6.45) is 0. The van der Waals surface area contributed by atoms with Gasteiger partial charge in [0.25, 0.3) is 0 Å². The Balaban J connectivity index is 2.43. The van der Waals surface area contributed by atoms with Gasteiger partial charge < -0.3 is 15.8 Å². The molecule has 0 amide bonds. The van der Waals surface area contributed by atoms with Crippen LogP contribution in [0.2, 0.25) is 0 Å². The predicted molar refractivity (Wildman–Crippen MR) is 86.3 cm³/mol. The normalized spacial score (nSPS) is 10.2. The molecule has 0 atom stereocenters.